The summed E-state index contributed by atoms with van der Waals surface area (Å²) in [5.41, 5.74) is 0. The Kier molecular flexibility index (Phi) is 3.98. The van der Waals surface area contributed by atoms with Crippen LogP contribution in [0.2, 0.25) is 0 Å². The molecular formula is C9H19NO2. The molecule has 1 aliphatic rings. The quantitative estimate of drug-likeness (QED) is 0.634. The van der Waals surface area contributed by atoms with Gasteiger partial charge >= 0.3 is 0 Å². The standard InChI is InChI=1S/C9H19NO2/c1-8(2)9-6-10(7-11-3)4-5-12-9/h8-9H,4-7H2,1-3H3/t9-/m1/s1. The smallest absolute Gasteiger partial charge is 0.0988 e. The lowest BCUT2D eigenvalue weighted by Gasteiger charge is -2.34. The van der Waals surface area contributed by atoms with Gasteiger partial charge in [-0.1, -0.05) is 13.8 Å². The van der Waals surface area contributed by atoms with Gasteiger partial charge in [-0.25, -0.2) is 0 Å². The highest BCUT2D eigenvalue weighted by atomic mass is 16.5. The highest BCUT2D eigenvalue weighted by molar-refractivity contribution is 4.71. The third kappa shape index (κ3) is 2.73. The molecule has 12 heavy (non-hydrogen) atoms. The molecule has 0 amide bonds. The molecule has 0 aromatic rings. The highest BCUT2D eigenvalue weighted by Crippen LogP contribution is 2.12. The van der Waals surface area contributed by atoms with Crippen molar-refractivity contribution < 1.29 is 9.47 Å². The van der Waals surface area contributed by atoms with E-state index in [2.05, 4.69) is 18.7 Å². The van der Waals surface area contributed by atoms with Crippen molar-refractivity contribution in [2.75, 3.05) is 33.5 Å². The monoisotopic (exact) mass is 173 g/mol. The molecular weight excluding hydrogens is 154 g/mol. The molecule has 1 rings (SSSR count). The van der Waals surface area contributed by atoms with Gasteiger partial charge in [-0.05, 0) is 5.92 Å². The average Bonchev–Trinajstić information content (AvgIpc) is 2.05. The normalized spacial score (nSPS) is 26.5. The van der Waals surface area contributed by atoms with Gasteiger partial charge in [0.2, 0.25) is 0 Å². The molecule has 0 spiro atoms. The molecule has 0 unspecified atom stereocenters. The lowest BCUT2D eigenvalue weighted by atomic mass is 10.1. The summed E-state index contributed by atoms with van der Waals surface area (Å²) in [6.45, 7) is 7.96. The number of methoxy groups -OCH3 is 1. The molecule has 0 N–H and O–H groups in total. The molecule has 1 atom stereocenters. The zero-order valence-corrected chi connectivity index (χ0v) is 8.25. The molecule has 0 aliphatic carbocycles. The summed E-state index contributed by atoms with van der Waals surface area (Å²) in [7, 11) is 1.74. The Hall–Kier alpha value is -0.120. The second-order valence-corrected chi connectivity index (χ2v) is 3.65. The van der Waals surface area contributed by atoms with E-state index in [0.717, 1.165) is 26.4 Å². The molecule has 3 heteroatoms. The van der Waals surface area contributed by atoms with Crippen molar-refractivity contribution in [3.8, 4) is 0 Å². The summed E-state index contributed by atoms with van der Waals surface area (Å²) in [6.07, 6.45) is 0.383. The highest BCUT2D eigenvalue weighted by Gasteiger charge is 2.22. The van der Waals surface area contributed by atoms with Crippen molar-refractivity contribution in [3.63, 3.8) is 0 Å². The largest absolute Gasteiger partial charge is 0.375 e. The molecule has 1 aliphatic heterocycles. The van der Waals surface area contributed by atoms with E-state index in [-0.39, 0.29) is 0 Å². The zero-order valence-electron chi connectivity index (χ0n) is 8.25. The third-order valence-electron chi connectivity index (χ3n) is 2.23. The molecule has 0 aromatic heterocycles. The summed E-state index contributed by atoms with van der Waals surface area (Å²) in [5, 5.41) is 0. The van der Waals surface area contributed by atoms with Crippen LogP contribution in [0.1, 0.15) is 13.8 Å². The Morgan fingerprint density at radius 2 is 2.33 bits per heavy atom. The predicted molar refractivity (Wildman–Crippen MR) is 48.0 cm³/mol. The van der Waals surface area contributed by atoms with Gasteiger partial charge < -0.3 is 9.47 Å². The minimum absolute atomic E-state index is 0.383. The molecule has 0 aromatic carbocycles. The van der Waals surface area contributed by atoms with Crippen LogP contribution >= 0.6 is 0 Å². The van der Waals surface area contributed by atoms with E-state index in [9.17, 15) is 0 Å². The fourth-order valence-electron chi connectivity index (χ4n) is 1.43. The van der Waals surface area contributed by atoms with Gasteiger partial charge in [-0.3, -0.25) is 4.90 Å². The molecule has 1 saturated heterocycles. The topological polar surface area (TPSA) is 21.7 Å². The summed E-state index contributed by atoms with van der Waals surface area (Å²) in [4.78, 5) is 2.29. The minimum Gasteiger partial charge on any atom is -0.375 e. The number of nitrogens with zero attached hydrogens (tertiary/aromatic N) is 1. The lowest BCUT2D eigenvalue weighted by Crippen LogP contribution is -2.45. The fraction of sp³-hybridized carbons (Fsp3) is 1.00. The molecule has 0 bridgehead atoms. The molecule has 3 nitrogen and oxygen atoms in total. The first-order chi connectivity index (χ1) is 5.74. The van der Waals surface area contributed by atoms with Crippen molar-refractivity contribution in [3.05, 3.63) is 0 Å². The van der Waals surface area contributed by atoms with Crippen molar-refractivity contribution in [1.29, 1.82) is 0 Å². The van der Waals surface area contributed by atoms with Gasteiger partial charge in [0.1, 0.15) is 0 Å². The fourth-order valence-corrected chi connectivity index (χ4v) is 1.43. The van der Waals surface area contributed by atoms with E-state index < -0.39 is 0 Å². The van der Waals surface area contributed by atoms with Crippen LogP contribution in [0.15, 0.2) is 0 Å². The van der Waals surface area contributed by atoms with Gasteiger partial charge in [0.15, 0.2) is 0 Å². The van der Waals surface area contributed by atoms with Crippen LogP contribution in [0.3, 0.4) is 0 Å². The molecule has 0 saturated carbocycles. The maximum Gasteiger partial charge on any atom is 0.0988 e. The van der Waals surface area contributed by atoms with Gasteiger partial charge in [0.05, 0.1) is 19.4 Å². The Morgan fingerprint density at radius 1 is 1.58 bits per heavy atom. The van der Waals surface area contributed by atoms with Gasteiger partial charge in [0.25, 0.3) is 0 Å². The first-order valence-corrected chi connectivity index (χ1v) is 4.57. The minimum atomic E-state index is 0.383. The Balaban J connectivity index is 2.30. The van der Waals surface area contributed by atoms with Crippen molar-refractivity contribution in [2.45, 2.75) is 20.0 Å². The molecule has 1 heterocycles. The Bertz CT molecular complexity index is 126. The van der Waals surface area contributed by atoms with Crippen molar-refractivity contribution >= 4 is 0 Å². The summed E-state index contributed by atoms with van der Waals surface area (Å²) >= 11 is 0. The van der Waals surface area contributed by atoms with Crippen LogP contribution in [0.5, 0.6) is 0 Å². The number of hydrogen-bond acceptors (Lipinski definition) is 3. The summed E-state index contributed by atoms with van der Waals surface area (Å²) in [6, 6.07) is 0. The predicted octanol–water partition coefficient (Wildman–Crippen LogP) is 0.947. The first-order valence-electron chi connectivity index (χ1n) is 4.57. The van der Waals surface area contributed by atoms with Gasteiger partial charge in [0, 0.05) is 20.2 Å². The van der Waals surface area contributed by atoms with Crippen LogP contribution in [0.4, 0.5) is 0 Å². The second-order valence-electron chi connectivity index (χ2n) is 3.65. The van der Waals surface area contributed by atoms with E-state index in [0.29, 0.717) is 12.0 Å². The lowest BCUT2D eigenvalue weighted by molar-refractivity contribution is -0.0789. The average molecular weight is 173 g/mol. The summed E-state index contributed by atoms with van der Waals surface area (Å²) in [5.74, 6) is 0.602. The molecule has 1 fully saturated rings. The van der Waals surface area contributed by atoms with Crippen LogP contribution in [0.25, 0.3) is 0 Å². The Labute approximate surface area is 74.6 Å². The summed E-state index contributed by atoms with van der Waals surface area (Å²) < 4.78 is 10.7. The van der Waals surface area contributed by atoms with E-state index in [1.807, 2.05) is 0 Å². The van der Waals surface area contributed by atoms with E-state index >= 15 is 0 Å². The maximum atomic E-state index is 5.62. The Morgan fingerprint density at radius 3 is 2.92 bits per heavy atom. The van der Waals surface area contributed by atoms with E-state index in [4.69, 9.17) is 9.47 Å². The number of hydrogen-bond donors (Lipinski definition) is 0. The van der Waals surface area contributed by atoms with Crippen molar-refractivity contribution in [2.24, 2.45) is 5.92 Å². The SMILES string of the molecule is COCN1CCO[C@@H](C(C)C)C1. The maximum absolute atomic E-state index is 5.62. The van der Waals surface area contributed by atoms with Crippen LogP contribution in [-0.4, -0.2) is 44.5 Å². The number of rotatable bonds is 3. The van der Waals surface area contributed by atoms with E-state index in [1.54, 1.807) is 7.11 Å². The third-order valence-corrected chi connectivity index (χ3v) is 2.23. The molecule has 0 radical (unpaired) electrons. The first kappa shape index (κ1) is 9.96. The second kappa shape index (κ2) is 4.80. The number of ether oxygens (including phenoxy) is 2. The van der Waals surface area contributed by atoms with Gasteiger partial charge in [-0.15, -0.1) is 0 Å². The van der Waals surface area contributed by atoms with Crippen LogP contribution in [0, 0.1) is 5.92 Å². The van der Waals surface area contributed by atoms with Crippen LogP contribution < -0.4 is 0 Å². The molecule has 72 valence electrons. The van der Waals surface area contributed by atoms with E-state index in [1.165, 1.54) is 0 Å². The van der Waals surface area contributed by atoms with Gasteiger partial charge in [-0.2, -0.15) is 0 Å². The zero-order chi connectivity index (χ0) is 8.97. The number of morpholine rings is 1. The van der Waals surface area contributed by atoms with Crippen molar-refractivity contribution in [1.82, 2.24) is 4.90 Å². The van der Waals surface area contributed by atoms with Crippen LogP contribution in [-0.2, 0) is 9.47 Å².